The molecule has 0 radical (unpaired) electrons. The van der Waals surface area contributed by atoms with Crippen molar-refractivity contribution in [1.29, 1.82) is 0 Å². The topological polar surface area (TPSA) is 80.0 Å². The molecule has 1 amide bonds. The number of anilines is 2. The summed E-state index contributed by atoms with van der Waals surface area (Å²) in [5.74, 6) is 0.458. The maximum Gasteiger partial charge on any atom is 0.241 e. The van der Waals surface area contributed by atoms with Gasteiger partial charge < -0.3 is 16.4 Å². The number of nitrogen functional groups attached to an aromatic ring is 1. The lowest BCUT2D eigenvalue weighted by molar-refractivity contribution is -0.118. The molecule has 2 heterocycles. The van der Waals surface area contributed by atoms with E-state index >= 15 is 0 Å². The van der Waals surface area contributed by atoms with Gasteiger partial charge in [0.05, 0.1) is 17.9 Å². The molecular formula is C11H16N4O. The average Bonchev–Trinajstić information content (AvgIpc) is 2.33. The monoisotopic (exact) mass is 220 g/mol. The summed E-state index contributed by atoms with van der Waals surface area (Å²) in [6, 6.07) is 3.35. The molecule has 1 unspecified atom stereocenters. The lowest BCUT2D eigenvalue weighted by atomic mass is 10.0. The number of carbonyl (C=O) groups is 1. The highest BCUT2D eigenvalue weighted by molar-refractivity contribution is 5.94. The first-order chi connectivity index (χ1) is 7.75. The van der Waals surface area contributed by atoms with E-state index in [0.717, 1.165) is 25.8 Å². The van der Waals surface area contributed by atoms with Gasteiger partial charge in [0.1, 0.15) is 5.82 Å². The fraction of sp³-hybridized carbons (Fsp3) is 0.455. The Morgan fingerprint density at radius 1 is 1.50 bits per heavy atom. The zero-order valence-corrected chi connectivity index (χ0v) is 9.07. The number of pyridine rings is 1. The van der Waals surface area contributed by atoms with E-state index in [-0.39, 0.29) is 11.9 Å². The zero-order chi connectivity index (χ0) is 11.4. The molecule has 16 heavy (non-hydrogen) atoms. The van der Waals surface area contributed by atoms with Crippen molar-refractivity contribution in [2.24, 2.45) is 0 Å². The van der Waals surface area contributed by atoms with Crippen LogP contribution in [0.25, 0.3) is 0 Å². The molecule has 0 saturated carbocycles. The molecule has 1 aliphatic heterocycles. The number of nitrogens with zero attached hydrogens (tertiary/aromatic N) is 1. The van der Waals surface area contributed by atoms with Crippen LogP contribution in [0.2, 0.25) is 0 Å². The van der Waals surface area contributed by atoms with Gasteiger partial charge >= 0.3 is 0 Å². The minimum absolute atomic E-state index is 0.00581. The molecule has 1 aromatic rings. The van der Waals surface area contributed by atoms with E-state index in [2.05, 4.69) is 15.6 Å². The van der Waals surface area contributed by atoms with Gasteiger partial charge in [-0.05, 0) is 31.5 Å². The molecule has 4 N–H and O–H groups in total. The maximum absolute atomic E-state index is 11.8. The quantitative estimate of drug-likeness (QED) is 0.687. The predicted molar refractivity (Wildman–Crippen MR) is 62.9 cm³/mol. The Labute approximate surface area is 94.4 Å². The molecule has 0 aliphatic carbocycles. The van der Waals surface area contributed by atoms with E-state index < -0.39 is 0 Å². The maximum atomic E-state index is 11.8. The van der Waals surface area contributed by atoms with Crippen molar-refractivity contribution in [2.75, 3.05) is 17.6 Å². The third kappa shape index (κ3) is 2.70. The minimum atomic E-state index is -0.0775. The summed E-state index contributed by atoms with van der Waals surface area (Å²) in [4.78, 5) is 15.7. The largest absolute Gasteiger partial charge is 0.384 e. The Balaban J connectivity index is 1.93. The third-order valence-electron chi connectivity index (χ3n) is 2.68. The van der Waals surface area contributed by atoms with E-state index in [1.807, 2.05) is 0 Å². The van der Waals surface area contributed by atoms with Gasteiger partial charge in [0.2, 0.25) is 5.91 Å². The van der Waals surface area contributed by atoms with E-state index in [0.29, 0.717) is 11.5 Å². The van der Waals surface area contributed by atoms with Crippen LogP contribution < -0.4 is 16.4 Å². The number of hydrogen-bond donors (Lipinski definition) is 3. The van der Waals surface area contributed by atoms with Gasteiger partial charge in [-0.15, -0.1) is 0 Å². The van der Waals surface area contributed by atoms with Gasteiger partial charge in [-0.25, -0.2) is 4.98 Å². The SMILES string of the molecule is Nc1ccc(NC(=O)C2CCCCN2)cn1. The van der Waals surface area contributed by atoms with Crippen LogP contribution in [0.4, 0.5) is 11.5 Å². The van der Waals surface area contributed by atoms with E-state index in [1.165, 1.54) is 0 Å². The van der Waals surface area contributed by atoms with Crippen molar-refractivity contribution < 1.29 is 4.79 Å². The number of aromatic nitrogens is 1. The number of carbonyl (C=O) groups excluding carboxylic acids is 1. The number of nitrogens with two attached hydrogens (primary N) is 1. The molecule has 1 aromatic heterocycles. The molecule has 1 atom stereocenters. The standard InChI is InChI=1S/C11H16N4O/c12-10-5-4-8(7-14-10)15-11(16)9-3-1-2-6-13-9/h4-5,7,9,13H,1-3,6H2,(H2,12,14)(H,15,16). The fourth-order valence-electron chi connectivity index (χ4n) is 1.78. The second-order valence-corrected chi connectivity index (χ2v) is 3.96. The van der Waals surface area contributed by atoms with Gasteiger partial charge in [0.25, 0.3) is 0 Å². The first-order valence-electron chi connectivity index (χ1n) is 5.51. The summed E-state index contributed by atoms with van der Waals surface area (Å²) in [6.07, 6.45) is 4.71. The second kappa shape index (κ2) is 4.94. The smallest absolute Gasteiger partial charge is 0.241 e. The predicted octanol–water partition coefficient (Wildman–Crippen LogP) is 0.744. The molecule has 0 spiro atoms. The highest BCUT2D eigenvalue weighted by atomic mass is 16.2. The molecule has 0 aromatic carbocycles. The number of amides is 1. The summed E-state index contributed by atoms with van der Waals surface area (Å²) in [5, 5.41) is 6.01. The van der Waals surface area contributed by atoms with Gasteiger partial charge in [0, 0.05) is 0 Å². The lowest BCUT2D eigenvalue weighted by Gasteiger charge is -2.22. The van der Waals surface area contributed by atoms with Crippen LogP contribution in [0.15, 0.2) is 18.3 Å². The third-order valence-corrected chi connectivity index (χ3v) is 2.68. The number of nitrogens with one attached hydrogen (secondary N) is 2. The minimum Gasteiger partial charge on any atom is -0.384 e. The average molecular weight is 220 g/mol. The van der Waals surface area contributed by atoms with Gasteiger partial charge in [0.15, 0.2) is 0 Å². The van der Waals surface area contributed by atoms with E-state index in [1.54, 1.807) is 18.3 Å². The van der Waals surface area contributed by atoms with Crippen LogP contribution in [0.1, 0.15) is 19.3 Å². The van der Waals surface area contributed by atoms with Crippen LogP contribution in [0, 0.1) is 0 Å². The number of hydrogen-bond acceptors (Lipinski definition) is 4. The summed E-state index contributed by atoms with van der Waals surface area (Å²) in [5.41, 5.74) is 6.15. The Bertz CT molecular complexity index is 357. The van der Waals surface area contributed by atoms with Crippen molar-refractivity contribution in [3.63, 3.8) is 0 Å². The van der Waals surface area contributed by atoms with Crippen LogP contribution >= 0.6 is 0 Å². The van der Waals surface area contributed by atoms with Crippen molar-refractivity contribution in [3.8, 4) is 0 Å². The van der Waals surface area contributed by atoms with Gasteiger partial charge in [-0.2, -0.15) is 0 Å². The van der Waals surface area contributed by atoms with Gasteiger partial charge in [-0.1, -0.05) is 6.42 Å². The lowest BCUT2D eigenvalue weighted by Crippen LogP contribution is -2.43. The molecule has 1 fully saturated rings. The first-order valence-corrected chi connectivity index (χ1v) is 5.51. The fourth-order valence-corrected chi connectivity index (χ4v) is 1.78. The van der Waals surface area contributed by atoms with Crippen molar-refractivity contribution in [3.05, 3.63) is 18.3 Å². The summed E-state index contributed by atoms with van der Waals surface area (Å²) in [6.45, 7) is 0.915. The summed E-state index contributed by atoms with van der Waals surface area (Å²) >= 11 is 0. The van der Waals surface area contributed by atoms with Crippen molar-refractivity contribution in [2.45, 2.75) is 25.3 Å². The molecule has 86 valence electrons. The highest BCUT2D eigenvalue weighted by Crippen LogP contribution is 2.11. The highest BCUT2D eigenvalue weighted by Gasteiger charge is 2.20. The Morgan fingerprint density at radius 3 is 3.00 bits per heavy atom. The molecular weight excluding hydrogens is 204 g/mol. The Hall–Kier alpha value is -1.62. The van der Waals surface area contributed by atoms with Crippen LogP contribution in [-0.4, -0.2) is 23.5 Å². The van der Waals surface area contributed by atoms with Crippen molar-refractivity contribution >= 4 is 17.4 Å². The summed E-state index contributed by atoms with van der Waals surface area (Å²) < 4.78 is 0. The molecule has 0 bridgehead atoms. The second-order valence-electron chi connectivity index (χ2n) is 3.96. The van der Waals surface area contributed by atoms with E-state index in [9.17, 15) is 4.79 Å². The van der Waals surface area contributed by atoms with Crippen LogP contribution in [0.5, 0.6) is 0 Å². The normalized spacial score (nSPS) is 20.4. The zero-order valence-electron chi connectivity index (χ0n) is 9.07. The van der Waals surface area contributed by atoms with Crippen molar-refractivity contribution in [1.82, 2.24) is 10.3 Å². The van der Waals surface area contributed by atoms with Crippen LogP contribution in [-0.2, 0) is 4.79 Å². The number of piperidine rings is 1. The molecule has 1 saturated heterocycles. The number of rotatable bonds is 2. The first kappa shape index (κ1) is 10.9. The summed E-state index contributed by atoms with van der Waals surface area (Å²) in [7, 11) is 0. The molecule has 5 heteroatoms. The Kier molecular flexibility index (Phi) is 3.36. The van der Waals surface area contributed by atoms with E-state index in [4.69, 9.17) is 5.73 Å². The molecule has 5 nitrogen and oxygen atoms in total. The Morgan fingerprint density at radius 2 is 2.38 bits per heavy atom. The molecule has 1 aliphatic rings. The van der Waals surface area contributed by atoms with Gasteiger partial charge in [-0.3, -0.25) is 4.79 Å². The van der Waals surface area contributed by atoms with Crippen LogP contribution in [0.3, 0.4) is 0 Å². The molecule has 2 rings (SSSR count).